The highest BCUT2D eigenvalue weighted by Crippen LogP contribution is 2.49. The Kier molecular flexibility index (Phi) is 3.99. The fourth-order valence-electron chi connectivity index (χ4n) is 3.48. The van der Waals surface area contributed by atoms with Crippen LogP contribution in [0.25, 0.3) is 0 Å². The van der Waals surface area contributed by atoms with Gasteiger partial charge in [0.2, 0.25) is 0 Å². The fraction of sp³-hybridized carbons (Fsp3) is 1.00. The number of rotatable bonds is 2. The average molecular weight is 257 g/mol. The quantitative estimate of drug-likeness (QED) is 0.805. The Balaban J connectivity index is 2.02. The zero-order chi connectivity index (χ0) is 12.5. The molecule has 0 unspecified atom stereocenters. The molecule has 0 aliphatic heterocycles. The molecule has 0 bridgehead atoms. The van der Waals surface area contributed by atoms with Crippen molar-refractivity contribution in [1.82, 2.24) is 4.72 Å². The monoisotopic (exact) mass is 257 g/mol. The molecule has 2 nitrogen and oxygen atoms in total. The van der Waals surface area contributed by atoms with Crippen LogP contribution in [0.4, 0.5) is 0 Å². The molecule has 0 amide bonds. The molecule has 2 saturated carbocycles. The largest absolute Gasteiger partial charge is 0.242 e. The second-order valence-corrected chi connectivity index (χ2v) is 8.86. The van der Waals surface area contributed by atoms with Gasteiger partial charge in [-0.25, -0.2) is 8.93 Å². The van der Waals surface area contributed by atoms with Crippen LogP contribution >= 0.6 is 0 Å². The highest BCUT2D eigenvalue weighted by Gasteiger charge is 2.44. The number of nitrogens with one attached hydrogen (secondary N) is 1. The van der Waals surface area contributed by atoms with E-state index in [2.05, 4.69) is 25.5 Å². The molecule has 0 aromatic rings. The zero-order valence-electron chi connectivity index (χ0n) is 11.6. The lowest BCUT2D eigenvalue weighted by Crippen LogP contribution is -2.47. The Hall–Kier alpha value is 0.110. The van der Waals surface area contributed by atoms with E-state index in [1.165, 1.54) is 51.4 Å². The van der Waals surface area contributed by atoms with E-state index < -0.39 is 11.0 Å². The maximum absolute atomic E-state index is 12.2. The first kappa shape index (κ1) is 13.5. The van der Waals surface area contributed by atoms with Crippen molar-refractivity contribution >= 4 is 11.0 Å². The minimum atomic E-state index is -0.905. The molecule has 2 fully saturated rings. The molecule has 0 aromatic carbocycles. The van der Waals surface area contributed by atoms with E-state index in [9.17, 15) is 4.21 Å². The SMILES string of the molecule is CC(C)(C)[S@@](=O)N[C@@H]1CCCC12CCCCC2. The van der Waals surface area contributed by atoms with E-state index in [4.69, 9.17) is 0 Å². The van der Waals surface area contributed by atoms with Crippen molar-refractivity contribution in [2.45, 2.75) is 82.9 Å². The summed E-state index contributed by atoms with van der Waals surface area (Å²) in [5.74, 6) is 0. The molecule has 0 saturated heterocycles. The Labute approximate surface area is 109 Å². The molecule has 2 aliphatic rings. The van der Waals surface area contributed by atoms with Crippen LogP contribution in [-0.4, -0.2) is 15.0 Å². The average Bonchev–Trinajstić information content (AvgIpc) is 2.61. The van der Waals surface area contributed by atoms with E-state index in [0.29, 0.717) is 11.5 Å². The van der Waals surface area contributed by atoms with Gasteiger partial charge in [-0.15, -0.1) is 0 Å². The summed E-state index contributed by atoms with van der Waals surface area (Å²) in [5.41, 5.74) is 0.485. The predicted octanol–water partition coefficient (Wildman–Crippen LogP) is 3.54. The molecule has 1 N–H and O–H groups in total. The van der Waals surface area contributed by atoms with Gasteiger partial charge in [0.15, 0.2) is 0 Å². The molecule has 0 aromatic heterocycles. The molecule has 2 aliphatic carbocycles. The minimum absolute atomic E-state index is 0.140. The molecular weight excluding hydrogens is 230 g/mol. The third kappa shape index (κ3) is 2.93. The lowest BCUT2D eigenvalue weighted by atomic mass is 9.71. The molecule has 2 rings (SSSR count). The first-order valence-electron chi connectivity index (χ1n) is 7.12. The molecule has 2 atom stereocenters. The van der Waals surface area contributed by atoms with Gasteiger partial charge in [0.25, 0.3) is 0 Å². The van der Waals surface area contributed by atoms with Crippen molar-refractivity contribution in [2.75, 3.05) is 0 Å². The van der Waals surface area contributed by atoms with E-state index in [-0.39, 0.29) is 4.75 Å². The molecular formula is C14H27NOS. The fourth-order valence-corrected chi connectivity index (χ4v) is 4.46. The van der Waals surface area contributed by atoms with Crippen molar-refractivity contribution in [3.8, 4) is 0 Å². The Bertz CT molecular complexity index is 289. The van der Waals surface area contributed by atoms with Gasteiger partial charge in [0.1, 0.15) is 0 Å². The summed E-state index contributed by atoms with van der Waals surface area (Å²) < 4.78 is 15.6. The van der Waals surface area contributed by atoms with Gasteiger partial charge in [0.05, 0.1) is 15.7 Å². The summed E-state index contributed by atoms with van der Waals surface area (Å²) in [6.07, 6.45) is 10.8. The molecule has 1 spiro atoms. The zero-order valence-corrected chi connectivity index (χ0v) is 12.4. The summed E-state index contributed by atoms with van der Waals surface area (Å²) >= 11 is 0. The highest BCUT2D eigenvalue weighted by atomic mass is 32.2. The summed E-state index contributed by atoms with van der Waals surface area (Å²) in [6, 6.07) is 0.503. The maximum Gasteiger partial charge on any atom is 0.0972 e. The first-order chi connectivity index (χ1) is 7.94. The van der Waals surface area contributed by atoms with Crippen LogP contribution in [0.15, 0.2) is 0 Å². The summed E-state index contributed by atoms with van der Waals surface area (Å²) in [4.78, 5) is 0. The predicted molar refractivity (Wildman–Crippen MR) is 74.2 cm³/mol. The van der Waals surface area contributed by atoms with Crippen LogP contribution in [0.3, 0.4) is 0 Å². The van der Waals surface area contributed by atoms with Gasteiger partial charge in [-0.3, -0.25) is 0 Å². The molecule has 0 heterocycles. The normalized spacial score (nSPS) is 30.6. The standard InChI is InChI=1S/C14H27NOS/c1-13(2,3)17(16)15-12-8-7-11-14(12)9-5-4-6-10-14/h12,15H,4-11H2,1-3H3/t12-,17-/m1/s1. The van der Waals surface area contributed by atoms with Gasteiger partial charge >= 0.3 is 0 Å². The number of hydrogen-bond donors (Lipinski definition) is 1. The van der Waals surface area contributed by atoms with Gasteiger partial charge in [0, 0.05) is 6.04 Å². The van der Waals surface area contributed by atoms with Crippen LogP contribution in [0, 0.1) is 5.41 Å². The van der Waals surface area contributed by atoms with Gasteiger partial charge < -0.3 is 0 Å². The van der Waals surface area contributed by atoms with Crippen molar-refractivity contribution in [3.63, 3.8) is 0 Å². The van der Waals surface area contributed by atoms with E-state index >= 15 is 0 Å². The van der Waals surface area contributed by atoms with Crippen molar-refractivity contribution in [2.24, 2.45) is 5.41 Å². The van der Waals surface area contributed by atoms with E-state index in [1.54, 1.807) is 0 Å². The molecule has 3 heteroatoms. The summed E-state index contributed by atoms with van der Waals surface area (Å²) in [5, 5.41) is 0. The summed E-state index contributed by atoms with van der Waals surface area (Å²) in [6.45, 7) is 6.16. The van der Waals surface area contributed by atoms with Crippen molar-refractivity contribution in [1.29, 1.82) is 0 Å². The van der Waals surface area contributed by atoms with Crippen molar-refractivity contribution < 1.29 is 4.21 Å². The summed E-state index contributed by atoms with van der Waals surface area (Å²) in [7, 11) is -0.905. The van der Waals surface area contributed by atoms with E-state index in [1.807, 2.05) is 0 Å². The van der Waals surface area contributed by atoms with Crippen LogP contribution < -0.4 is 4.72 Å². The minimum Gasteiger partial charge on any atom is -0.242 e. The van der Waals surface area contributed by atoms with Crippen LogP contribution in [-0.2, 0) is 11.0 Å². The van der Waals surface area contributed by atoms with Crippen LogP contribution in [0.1, 0.15) is 72.1 Å². The third-order valence-electron chi connectivity index (χ3n) is 4.56. The van der Waals surface area contributed by atoms with Gasteiger partial charge in [-0.1, -0.05) is 25.7 Å². The molecule has 17 heavy (non-hydrogen) atoms. The highest BCUT2D eigenvalue weighted by molar-refractivity contribution is 7.84. The molecule has 0 radical (unpaired) electrons. The van der Waals surface area contributed by atoms with Crippen LogP contribution in [0.5, 0.6) is 0 Å². The molecule has 100 valence electrons. The lowest BCUT2D eigenvalue weighted by Gasteiger charge is -2.40. The third-order valence-corrected chi connectivity index (χ3v) is 6.17. The van der Waals surface area contributed by atoms with Gasteiger partial charge in [-0.2, -0.15) is 0 Å². The number of hydrogen-bond acceptors (Lipinski definition) is 1. The van der Waals surface area contributed by atoms with Crippen LogP contribution in [0.2, 0.25) is 0 Å². The Morgan fingerprint density at radius 2 is 1.65 bits per heavy atom. The van der Waals surface area contributed by atoms with E-state index in [0.717, 1.165) is 0 Å². The lowest BCUT2D eigenvalue weighted by molar-refractivity contribution is 0.163. The topological polar surface area (TPSA) is 29.1 Å². The smallest absolute Gasteiger partial charge is 0.0972 e. The Morgan fingerprint density at radius 1 is 1.06 bits per heavy atom. The second-order valence-electron chi connectivity index (χ2n) is 6.87. The maximum atomic E-state index is 12.2. The van der Waals surface area contributed by atoms with Gasteiger partial charge in [-0.05, 0) is 51.9 Å². The Morgan fingerprint density at radius 3 is 2.24 bits per heavy atom. The first-order valence-corrected chi connectivity index (χ1v) is 8.27. The van der Waals surface area contributed by atoms with Crippen molar-refractivity contribution in [3.05, 3.63) is 0 Å². The second kappa shape index (κ2) is 5.00.